The molecule has 90 valence electrons. The fourth-order valence-electron chi connectivity index (χ4n) is 1.53. The number of thioether (sulfide) groups is 1. The fourth-order valence-corrected chi connectivity index (χ4v) is 2.48. The highest BCUT2D eigenvalue weighted by Crippen LogP contribution is 2.23. The summed E-state index contributed by atoms with van der Waals surface area (Å²) in [5, 5.41) is 0.631. The first kappa shape index (κ1) is 13.5. The van der Waals surface area contributed by atoms with Crippen LogP contribution in [0.5, 0.6) is 0 Å². The van der Waals surface area contributed by atoms with Gasteiger partial charge in [0.05, 0.1) is 0 Å². The van der Waals surface area contributed by atoms with E-state index in [0.717, 1.165) is 23.3 Å². The molecule has 1 aromatic carbocycles. The van der Waals surface area contributed by atoms with Crippen LogP contribution in [0.25, 0.3) is 0 Å². The minimum absolute atomic E-state index is 0.000370. The fraction of sp³-hybridized carbons (Fsp3) is 0.538. The van der Waals surface area contributed by atoms with Crippen molar-refractivity contribution in [3.8, 4) is 0 Å². The molecule has 0 amide bonds. The van der Waals surface area contributed by atoms with E-state index >= 15 is 0 Å². The van der Waals surface area contributed by atoms with Crippen LogP contribution in [-0.2, 0) is 0 Å². The summed E-state index contributed by atoms with van der Waals surface area (Å²) >= 11 is 1.87. The maximum Gasteiger partial charge on any atom is 0.123 e. The molecule has 0 aliphatic heterocycles. The summed E-state index contributed by atoms with van der Waals surface area (Å²) in [5.74, 6) is 0.699. The van der Waals surface area contributed by atoms with E-state index in [0.29, 0.717) is 5.25 Å². The van der Waals surface area contributed by atoms with Crippen molar-refractivity contribution in [2.24, 2.45) is 5.73 Å². The molecule has 1 aromatic rings. The normalized spacial score (nSPS) is 14.8. The second-order valence-corrected chi connectivity index (χ2v) is 5.63. The molecule has 0 saturated heterocycles. The Labute approximate surface area is 102 Å². The van der Waals surface area contributed by atoms with Gasteiger partial charge in [0.15, 0.2) is 0 Å². The minimum atomic E-state index is -0.192. The highest BCUT2D eigenvalue weighted by atomic mass is 32.2. The molecule has 3 heteroatoms. The van der Waals surface area contributed by atoms with Crippen LogP contribution in [0.15, 0.2) is 18.2 Å². The van der Waals surface area contributed by atoms with Crippen molar-refractivity contribution in [1.29, 1.82) is 0 Å². The van der Waals surface area contributed by atoms with Crippen molar-refractivity contribution in [1.82, 2.24) is 0 Å². The second-order valence-electron chi connectivity index (χ2n) is 4.16. The molecule has 1 nitrogen and oxygen atoms in total. The number of nitrogens with two attached hydrogens (primary N) is 1. The van der Waals surface area contributed by atoms with Crippen molar-refractivity contribution in [3.63, 3.8) is 0 Å². The summed E-state index contributed by atoms with van der Waals surface area (Å²) < 4.78 is 12.9. The van der Waals surface area contributed by atoms with Gasteiger partial charge in [0.1, 0.15) is 5.82 Å². The first-order valence-corrected chi connectivity index (χ1v) is 6.72. The zero-order valence-electron chi connectivity index (χ0n) is 10.2. The van der Waals surface area contributed by atoms with Gasteiger partial charge in [0.2, 0.25) is 0 Å². The lowest BCUT2D eigenvalue weighted by Gasteiger charge is -2.16. The molecule has 0 aliphatic carbocycles. The number of hydrogen-bond donors (Lipinski definition) is 1. The number of rotatable bonds is 5. The van der Waals surface area contributed by atoms with Crippen molar-refractivity contribution in [3.05, 3.63) is 35.1 Å². The highest BCUT2D eigenvalue weighted by Gasteiger charge is 2.11. The third kappa shape index (κ3) is 3.80. The molecule has 0 aliphatic rings. The minimum Gasteiger partial charge on any atom is -0.323 e. The molecule has 0 radical (unpaired) electrons. The Morgan fingerprint density at radius 1 is 1.44 bits per heavy atom. The van der Waals surface area contributed by atoms with Crippen LogP contribution >= 0.6 is 11.8 Å². The van der Waals surface area contributed by atoms with Gasteiger partial charge < -0.3 is 5.73 Å². The van der Waals surface area contributed by atoms with Gasteiger partial charge in [0, 0.05) is 17.0 Å². The van der Waals surface area contributed by atoms with Crippen LogP contribution in [0.2, 0.25) is 0 Å². The smallest absolute Gasteiger partial charge is 0.123 e. The van der Waals surface area contributed by atoms with Gasteiger partial charge in [-0.1, -0.05) is 19.9 Å². The lowest BCUT2D eigenvalue weighted by Crippen LogP contribution is -2.16. The van der Waals surface area contributed by atoms with E-state index in [9.17, 15) is 4.39 Å². The lowest BCUT2D eigenvalue weighted by molar-refractivity contribution is 0.624. The summed E-state index contributed by atoms with van der Waals surface area (Å²) in [7, 11) is 0. The summed E-state index contributed by atoms with van der Waals surface area (Å²) in [6.45, 7) is 6.29. The Morgan fingerprint density at radius 3 is 2.69 bits per heavy atom. The Balaban J connectivity index is 2.62. The average Bonchev–Trinajstić information content (AvgIpc) is 2.25. The van der Waals surface area contributed by atoms with Gasteiger partial charge in [-0.2, -0.15) is 11.8 Å². The SMILES string of the molecule is CCC(C)SCC(N)c1ccc(F)cc1C. The maximum absolute atomic E-state index is 12.9. The van der Waals surface area contributed by atoms with Crippen molar-refractivity contribution < 1.29 is 4.39 Å². The molecule has 0 heterocycles. The predicted octanol–water partition coefficient (Wildman–Crippen LogP) is 3.67. The average molecular weight is 241 g/mol. The van der Waals surface area contributed by atoms with Crippen molar-refractivity contribution in [2.45, 2.75) is 38.5 Å². The van der Waals surface area contributed by atoms with E-state index in [2.05, 4.69) is 13.8 Å². The molecular formula is C13H20FNS. The van der Waals surface area contributed by atoms with Gasteiger partial charge >= 0.3 is 0 Å². The first-order valence-electron chi connectivity index (χ1n) is 5.67. The van der Waals surface area contributed by atoms with Crippen LogP contribution in [0, 0.1) is 12.7 Å². The van der Waals surface area contributed by atoms with Crippen LogP contribution in [-0.4, -0.2) is 11.0 Å². The van der Waals surface area contributed by atoms with Gasteiger partial charge in [-0.15, -0.1) is 0 Å². The lowest BCUT2D eigenvalue weighted by atomic mass is 10.0. The van der Waals surface area contributed by atoms with E-state index in [1.54, 1.807) is 12.1 Å². The van der Waals surface area contributed by atoms with E-state index in [1.165, 1.54) is 6.07 Å². The van der Waals surface area contributed by atoms with E-state index in [-0.39, 0.29) is 11.9 Å². The topological polar surface area (TPSA) is 26.0 Å². The van der Waals surface area contributed by atoms with Crippen LogP contribution in [0.3, 0.4) is 0 Å². The van der Waals surface area contributed by atoms with Gasteiger partial charge in [-0.3, -0.25) is 0 Å². The number of hydrogen-bond acceptors (Lipinski definition) is 2. The van der Waals surface area contributed by atoms with E-state index in [4.69, 9.17) is 5.73 Å². The summed E-state index contributed by atoms with van der Waals surface area (Å²) in [6.07, 6.45) is 1.15. The molecule has 2 N–H and O–H groups in total. The van der Waals surface area contributed by atoms with Crippen LogP contribution in [0.4, 0.5) is 4.39 Å². The Bertz CT molecular complexity index is 341. The molecule has 0 aromatic heterocycles. The quantitative estimate of drug-likeness (QED) is 0.851. The molecule has 1 rings (SSSR count). The Morgan fingerprint density at radius 2 is 2.12 bits per heavy atom. The van der Waals surface area contributed by atoms with Gasteiger partial charge in [-0.05, 0) is 36.6 Å². The molecule has 0 fully saturated rings. The van der Waals surface area contributed by atoms with Crippen LogP contribution < -0.4 is 5.73 Å². The van der Waals surface area contributed by atoms with Crippen molar-refractivity contribution >= 4 is 11.8 Å². The van der Waals surface area contributed by atoms with E-state index < -0.39 is 0 Å². The standard InChI is InChI=1S/C13H20FNS/c1-4-10(3)16-8-13(15)12-6-5-11(14)7-9(12)2/h5-7,10,13H,4,8,15H2,1-3H3. The summed E-state index contributed by atoms with van der Waals surface area (Å²) in [6, 6.07) is 4.82. The summed E-state index contributed by atoms with van der Waals surface area (Å²) in [4.78, 5) is 0. The summed E-state index contributed by atoms with van der Waals surface area (Å²) in [5.41, 5.74) is 8.10. The molecule has 0 spiro atoms. The molecule has 16 heavy (non-hydrogen) atoms. The Hall–Kier alpha value is -0.540. The number of aryl methyl sites for hydroxylation is 1. The largest absolute Gasteiger partial charge is 0.323 e. The molecule has 2 atom stereocenters. The zero-order chi connectivity index (χ0) is 12.1. The van der Waals surface area contributed by atoms with Crippen LogP contribution in [0.1, 0.15) is 37.4 Å². The molecule has 2 unspecified atom stereocenters. The number of halogens is 1. The van der Waals surface area contributed by atoms with Gasteiger partial charge in [-0.25, -0.2) is 4.39 Å². The number of benzene rings is 1. The van der Waals surface area contributed by atoms with E-state index in [1.807, 2.05) is 18.7 Å². The maximum atomic E-state index is 12.9. The monoisotopic (exact) mass is 241 g/mol. The second kappa shape index (κ2) is 6.26. The third-order valence-electron chi connectivity index (χ3n) is 2.77. The third-order valence-corrected chi connectivity index (χ3v) is 4.22. The zero-order valence-corrected chi connectivity index (χ0v) is 11.0. The van der Waals surface area contributed by atoms with Crippen molar-refractivity contribution in [2.75, 3.05) is 5.75 Å². The Kier molecular flexibility index (Phi) is 5.29. The highest BCUT2D eigenvalue weighted by molar-refractivity contribution is 7.99. The molecule has 0 bridgehead atoms. The van der Waals surface area contributed by atoms with Gasteiger partial charge in [0.25, 0.3) is 0 Å². The predicted molar refractivity (Wildman–Crippen MR) is 70.3 cm³/mol. The molecule has 0 saturated carbocycles. The first-order chi connectivity index (χ1) is 7.54. The molecular weight excluding hydrogens is 221 g/mol.